The third-order valence-electron chi connectivity index (χ3n) is 2.73. The molecule has 0 bridgehead atoms. The summed E-state index contributed by atoms with van der Waals surface area (Å²) in [6.45, 7) is 7.39. The van der Waals surface area contributed by atoms with Crippen molar-refractivity contribution in [3.8, 4) is 0 Å². The molecule has 7 nitrogen and oxygen atoms in total. The summed E-state index contributed by atoms with van der Waals surface area (Å²) in [5.74, 6) is 0. The molecule has 0 saturated carbocycles. The summed E-state index contributed by atoms with van der Waals surface area (Å²) < 4.78 is 37.0. The summed E-state index contributed by atoms with van der Waals surface area (Å²) in [5.41, 5.74) is 0.364. The summed E-state index contributed by atoms with van der Waals surface area (Å²) in [4.78, 5) is 13.5. The third kappa shape index (κ3) is 5.19. The lowest BCUT2D eigenvalue weighted by atomic mass is 10.6. The van der Waals surface area contributed by atoms with Crippen LogP contribution >= 0.6 is 11.3 Å². The zero-order valence-corrected chi connectivity index (χ0v) is 14.2. The van der Waals surface area contributed by atoms with Gasteiger partial charge in [0.1, 0.15) is 0 Å². The second-order valence-corrected chi connectivity index (χ2v) is 7.34. The van der Waals surface area contributed by atoms with Gasteiger partial charge in [0, 0.05) is 32.0 Å². The van der Waals surface area contributed by atoms with Crippen LogP contribution in [0.1, 0.15) is 19.5 Å². The number of nitrogens with one attached hydrogen (secondary N) is 1. The lowest BCUT2D eigenvalue weighted by molar-refractivity contribution is 0.110. The summed E-state index contributed by atoms with van der Waals surface area (Å²) in [6, 6.07) is 0. The van der Waals surface area contributed by atoms with Crippen LogP contribution in [0.25, 0.3) is 0 Å². The van der Waals surface area contributed by atoms with Crippen LogP contribution in [0.4, 0.5) is 0 Å². The van der Waals surface area contributed by atoms with Crippen LogP contribution in [0.2, 0.25) is 0 Å². The van der Waals surface area contributed by atoms with Gasteiger partial charge in [0.15, 0.2) is 4.21 Å². The van der Waals surface area contributed by atoms with E-state index in [0.717, 1.165) is 0 Å². The van der Waals surface area contributed by atoms with Crippen LogP contribution in [-0.2, 0) is 19.5 Å². The van der Waals surface area contributed by atoms with Crippen molar-refractivity contribution in [3.05, 3.63) is 15.4 Å². The number of nitrogens with zero attached hydrogens (tertiary/aromatic N) is 1. The first-order valence-corrected chi connectivity index (χ1v) is 9.04. The molecule has 0 saturated heterocycles. The SMILES string of the molecule is CCOCCN(CCOCC)S(=O)(=O)c1sc(=O)[nH]c1C. The van der Waals surface area contributed by atoms with Crippen molar-refractivity contribution >= 4 is 21.4 Å². The lowest BCUT2D eigenvalue weighted by Crippen LogP contribution is -2.36. The number of sulfonamides is 1. The molecule has 0 unspecified atom stereocenters. The summed E-state index contributed by atoms with van der Waals surface area (Å²) >= 11 is 0.706. The molecule has 0 aliphatic heterocycles. The molecule has 0 radical (unpaired) electrons. The Bertz CT molecular complexity index is 569. The van der Waals surface area contributed by atoms with Gasteiger partial charge in [-0.05, 0) is 20.8 Å². The number of hydrogen-bond acceptors (Lipinski definition) is 6. The average Bonchev–Trinajstić information content (AvgIpc) is 2.77. The van der Waals surface area contributed by atoms with E-state index in [4.69, 9.17) is 9.47 Å². The Hall–Kier alpha value is -0.740. The lowest BCUT2D eigenvalue weighted by Gasteiger charge is -2.21. The molecule has 122 valence electrons. The van der Waals surface area contributed by atoms with Gasteiger partial charge in [-0.15, -0.1) is 0 Å². The van der Waals surface area contributed by atoms with Crippen LogP contribution in [0, 0.1) is 6.92 Å². The number of hydrogen-bond donors (Lipinski definition) is 1. The van der Waals surface area contributed by atoms with E-state index in [1.54, 1.807) is 6.92 Å². The quantitative estimate of drug-likeness (QED) is 0.638. The summed E-state index contributed by atoms with van der Waals surface area (Å²) in [5, 5.41) is 0. The van der Waals surface area contributed by atoms with Gasteiger partial charge >= 0.3 is 4.87 Å². The minimum atomic E-state index is -3.71. The number of rotatable bonds is 10. The maximum atomic E-state index is 12.6. The number of H-pyrrole nitrogens is 1. The molecular formula is C12H22N2O5S2. The van der Waals surface area contributed by atoms with Gasteiger partial charge in [-0.1, -0.05) is 11.3 Å². The van der Waals surface area contributed by atoms with Crippen LogP contribution in [-0.4, -0.2) is 57.2 Å². The summed E-state index contributed by atoms with van der Waals surface area (Å²) in [6.07, 6.45) is 0. The topological polar surface area (TPSA) is 88.7 Å². The van der Waals surface area contributed by atoms with Crippen molar-refractivity contribution in [2.45, 2.75) is 25.0 Å². The van der Waals surface area contributed by atoms with Gasteiger partial charge in [-0.25, -0.2) is 8.42 Å². The zero-order chi connectivity index (χ0) is 15.9. The van der Waals surface area contributed by atoms with Crippen molar-refractivity contribution in [2.24, 2.45) is 0 Å². The molecular weight excluding hydrogens is 316 g/mol. The van der Waals surface area contributed by atoms with Gasteiger partial charge in [0.25, 0.3) is 10.0 Å². The van der Waals surface area contributed by atoms with Crippen LogP contribution < -0.4 is 4.87 Å². The molecule has 21 heavy (non-hydrogen) atoms. The maximum absolute atomic E-state index is 12.6. The highest BCUT2D eigenvalue weighted by molar-refractivity contribution is 7.91. The minimum Gasteiger partial charge on any atom is -0.380 e. The molecule has 0 amide bonds. The van der Waals surface area contributed by atoms with E-state index >= 15 is 0 Å². The Kier molecular flexibility index (Phi) is 7.53. The Morgan fingerprint density at radius 2 is 1.67 bits per heavy atom. The molecule has 1 heterocycles. The number of aromatic amines is 1. The van der Waals surface area contributed by atoms with E-state index in [9.17, 15) is 13.2 Å². The smallest absolute Gasteiger partial charge is 0.305 e. The molecule has 1 aromatic rings. The van der Waals surface area contributed by atoms with Crippen LogP contribution in [0.15, 0.2) is 9.00 Å². The maximum Gasteiger partial charge on any atom is 0.305 e. The number of ether oxygens (including phenoxy) is 2. The fourth-order valence-electron chi connectivity index (χ4n) is 1.73. The van der Waals surface area contributed by atoms with E-state index < -0.39 is 10.0 Å². The fraction of sp³-hybridized carbons (Fsp3) is 0.750. The van der Waals surface area contributed by atoms with Crippen molar-refractivity contribution in [3.63, 3.8) is 0 Å². The first-order valence-electron chi connectivity index (χ1n) is 6.78. The van der Waals surface area contributed by atoms with E-state index in [1.807, 2.05) is 13.8 Å². The van der Waals surface area contributed by atoms with Gasteiger partial charge in [0.2, 0.25) is 0 Å². The Morgan fingerprint density at radius 1 is 1.14 bits per heavy atom. The average molecular weight is 338 g/mol. The first-order chi connectivity index (χ1) is 9.93. The second kappa shape index (κ2) is 8.64. The monoisotopic (exact) mass is 338 g/mol. The fourth-order valence-corrected chi connectivity index (χ4v) is 4.57. The Morgan fingerprint density at radius 3 is 2.05 bits per heavy atom. The summed E-state index contributed by atoms with van der Waals surface area (Å²) in [7, 11) is -3.71. The van der Waals surface area contributed by atoms with Gasteiger partial charge in [0.05, 0.1) is 13.2 Å². The van der Waals surface area contributed by atoms with E-state index in [-0.39, 0.29) is 22.2 Å². The molecule has 9 heteroatoms. The van der Waals surface area contributed by atoms with Gasteiger partial charge in [-0.2, -0.15) is 4.31 Å². The third-order valence-corrected chi connectivity index (χ3v) is 6.21. The molecule has 1 aromatic heterocycles. The highest BCUT2D eigenvalue weighted by atomic mass is 32.2. The molecule has 0 spiro atoms. The molecule has 0 aliphatic carbocycles. The van der Waals surface area contributed by atoms with Crippen LogP contribution in [0.3, 0.4) is 0 Å². The highest BCUT2D eigenvalue weighted by Crippen LogP contribution is 2.20. The van der Waals surface area contributed by atoms with Crippen molar-refractivity contribution < 1.29 is 17.9 Å². The molecule has 0 atom stereocenters. The highest BCUT2D eigenvalue weighted by Gasteiger charge is 2.28. The van der Waals surface area contributed by atoms with Crippen molar-refractivity contribution in [1.29, 1.82) is 0 Å². The predicted octanol–water partition coefficient (Wildman–Crippen LogP) is 0.809. The minimum absolute atomic E-state index is 0.0560. The van der Waals surface area contributed by atoms with E-state index in [0.29, 0.717) is 43.5 Å². The normalized spacial score (nSPS) is 12.2. The molecule has 0 aliphatic rings. The molecule has 1 N–H and O–H groups in total. The Balaban J connectivity index is 2.93. The van der Waals surface area contributed by atoms with Crippen molar-refractivity contribution in [2.75, 3.05) is 39.5 Å². The Labute approximate surface area is 128 Å². The second-order valence-electron chi connectivity index (χ2n) is 4.22. The van der Waals surface area contributed by atoms with E-state index in [1.165, 1.54) is 4.31 Å². The molecule has 1 rings (SSSR count). The van der Waals surface area contributed by atoms with Crippen molar-refractivity contribution in [1.82, 2.24) is 9.29 Å². The largest absolute Gasteiger partial charge is 0.380 e. The van der Waals surface area contributed by atoms with Crippen LogP contribution in [0.5, 0.6) is 0 Å². The van der Waals surface area contributed by atoms with Gasteiger partial charge in [-0.3, -0.25) is 4.79 Å². The predicted molar refractivity (Wildman–Crippen MR) is 81.4 cm³/mol. The zero-order valence-electron chi connectivity index (χ0n) is 12.5. The van der Waals surface area contributed by atoms with Gasteiger partial charge < -0.3 is 14.5 Å². The first kappa shape index (κ1) is 18.3. The number of thiazole rings is 1. The number of aromatic nitrogens is 1. The molecule has 0 aromatic carbocycles. The standard InChI is InChI=1S/C12H22N2O5S2/c1-4-18-8-6-14(7-9-19-5-2)21(16,17)11-10(3)13-12(15)20-11/h4-9H2,1-3H3,(H,13,15). The number of aryl methyl sites for hydroxylation is 1. The van der Waals surface area contributed by atoms with E-state index in [2.05, 4.69) is 4.98 Å². The molecule has 0 fully saturated rings.